The monoisotopic (exact) mass is 359 g/mol. The quantitative estimate of drug-likeness (QED) is 0.764. The molecule has 3 aliphatic heterocycles. The predicted octanol–water partition coefficient (Wildman–Crippen LogP) is 1.54. The number of hydrogen-bond acceptors (Lipinski definition) is 4. The molecule has 7 heteroatoms. The highest BCUT2D eigenvalue weighted by Gasteiger charge is 2.34. The molecule has 0 bridgehead atoms. The summed E-state index contributed by atoms with van der Waals surface area (Å²) in [6.45, 7) is 9.67. The summed E-state index contributed by atoms with van der Waals surface area (Å²) in [6.07, 6.45) is 6.31. The summed E-state index contributed by atoms with van der Waals surface area (Å²) in [5.74, 6) is 0. The number of hydrogen-bond donors (Lipinski definition) is 0. The van der Waals surface area contributed by atoms with Crippen LogP contribution in [0.2, 0.25) is 0 Å². The summed E-state index contributed by atoms with van der Waals surface area (Å²) in [5, 5.41) is 0. The molecule has 3 aliphatic rings. The van der Waals surface area contributed by atoms with Gasteiger partial charge in [0, 0.05) is 52.5 Å². The number of nitrogens with zero attached hydrogens (tertiary/aromatic N) is 3. The first-order chi connectivity index (χ1) is 11.5. The summed E-state index contributed by atoms with van der Waals surface area (Å²) < 4.78 is 34.7. The lowest BCUT2D eigenvalue weighted by molar-refractivity contribution is 0.00584. The predicted molar refractivity (Wildman–Crippen MR) is 95.1 cm³/mol. The van der Waals surface area contributed by atoms with E-state index >= 15 is 0 Å². The molecule has 0 saturated carbocycles. The van der Waals surface area contributed by atoms with E-state index < -0.39 is 10.2 Å². The molecule has 24 heavy (non-hydrogen) atoms. The molecule has 0 radical (unpaired) electrons. The summed E-state index contributed by atoms with van der Waals surface area (Å²) in [5.41, 5.74) is 0.319. The first-order valence-electron chi connectivity index (χ1n) is 9.55. The van der Waals surface area contributed by atoms with Gasteiger partial charge in [-0.15, -0.1) is 0 Å². The van der Waals surface area contributed by atoms with E-state index in [2.05, 4.69) is 11.8 Å². The standard InChI is InChI=1S/C17H33N3O3S/c1-17(6-14-23-15-7-17)16-18-8-5-11-20(13-12-18)24(21,22)19-9-3-2-4-10-19/h2-16H2,1H3. The summed E-state index contributed by atoms with van der Waals surface area (Å²) in [4.78, 5) is 2.47. The van der Waals surface area contributed by atoms with Crippen molar-refractivity contribution in [1.82, 2.24) is 13.5 Å². The second-order valence-electron chi connectivity index (χ2n) is 7.92. The minimum atomic E-state index is -3.26. The van der Waals surface area contributed by atoms with Gasteiger partial charge in [-0.1, -0.05) is 13.3 Å². The largest absolute Gasteiger partial charge is 0.381 e. The molecule has 0 amide bonds. The van der Waals surface area contributed by atoms with Gasteiger partial charge in [-0.25, -0.2) is 0 Å². The van der Waals surface area contributed by atoms with Gasteiger partial charge in [0.25, 0.3) is 10.2 Å². The van der Waals surface area contributed by atoms with Crippen molar-refractivity contribution in [2.45, 2.75) is 45.4 Å². The van der Waals surface area contributed by atoms with Gasteiger partial charge in [0.15, 0.2) is 0 Å². The van der Waals surface area contributed by atoms with Crippen LogP contribution in [0.3, 0.4) is 0 Å². The van der Waals surface area contributed by atoms with E-state index in [-0.39, 0.29) is 0 Å². The maximum Gasteiger partial charge on any atom is 0.282 e. The van der Waals surface area contributed by atoms with Crippen LogP contribution in [0.15, 0.2) is 0 Å². The Balaban J connectivity index is 1.56. The van der Waals surface area contributed by atoms with Gasteiger partial charge in [-0.3, -0.25) is 0 Å². The molecule has 3 rings (SSSR count). The van der Waals surface area contributed by atoms with Gasteiger partial charge in [0.2, 0.25) is 0 Å². The Kier molecular flexibility index (Phi) is 6.19. The fraction of sp³-hybridized carbons (Fsp3) is 1.00. The highest BCUT2D eigenvalue weighted by atomic mass is 32.2. The summed E-state index contributed by atoms with van der Waals surface area (Å²) in [7, 11) is -3.26. The van der Waals surface area contributed by atoms with Crippen LogP contribution in [-0.2, 0) is 14.9 Å². The molecule has 0 aromatic heterocycles. The first-order valence-corrected chi connectivity index (χ1v) is 10.9. The molecule has 0 spiro atoms. The molecule has 0 aliphatic carbocycles. The maximum atomic E-state index is 12.9. The topological polar surface area (TPSA) is 53.1 Å². The molecule has 0 atom stereocenters. The number of piperidine rings is 1. The van der Waals surface area contributed by atoms with E-state index in [1.807, 2.05) is 0 Å². The van der Waals surface area contributed by atoms with Gasteiger partial charge in [0.05, 0.1) is 0 Å². The molecule has 3 saturated heterocycles. The van der Waals surface area contributed by atoms with Crippen LogP contribution >= 0.6 is 0 Å². The van der Waals surface area contributed by atoms with Crippen LogP contribution in [0.1, 0.15) is 45.4 Å². The zero-order valence-corrected chi connectivity index (χ0v) is 15.9. The number of rotatable bonds is 4. The van der Waals surface area contributed by atoms with E-state index in [0.29, 0.717) is 31.6 Å². The van der Waals surface area contributed by atoms with Crippen molar-refractivity contribution >= 4 is 10.2 Å². The van der Waals surface area contributed by atoms with Crippen molar-refractivity contribution in [1.29, 1.82) is 0 Å². The first kappa shape index (κ1) is 18.6. The fourth-order valence-corrected chi connectivity index (χ4v) is 5.88. The Labute approximate surface area is 147 Å². The summed E-state index contributed by atoms with van der Waals surface area (Å²) >= 11 is 0. The molecule has 3 fully saturated rings. The molecule has 0 aromatic carbocycles. The van der Waals surface area contributed by atoms with Gasteiger partial charge in [-0.05, 0) is 44.1 Å². The molecule has 140 valence electrons. The van der Waals surface area contributed by atoms with Gasteiger partial charge in [0.1, 0.15) is 0 Å². The van der Waals surface area contributed by atoms with Crippen molar-refractivity contribution in [2.24, 2.45) is 5.41 Å². The Morgan fingerprint density at radius 3 is 2.17 bits per heavy atom. The Hall–Kier alpha value is -0.210. The molecule has 0 N–H and O–H groups in total. The molecule has 3 heterocycles. The Morgan fingerprint density at radius 1 is 0.833 bits per heavy atom. The van der Waals surface area contributed by atoms with Crippen molar-refractivity contribution < 1.29 is 13.2 Å². The molecular weight excluding hydrogens is 326 g/mol. The van der Waals surface area contributed by atoms with Crippen LogP contribution in [0.25, 0.3) is 0 Å². The second kappa shape index (κ2) is 7.99. The van der Waals surface area contributed by atoms with Gasteiger partial charge < -0.3 is 9.64 Å². The maximum absolute atomic E-state index is 12.9. The van der Waals surface area contributed by atoms with Crippen LogP contribution in [0, 0.1) is 5.41 Å². The second-order valence-corrected chi connectivity index (χ2v) is 9.85. The molecular formula is C17H33N3O3S. The minimum absolute atomic E-state index is 0.319. The van der Waals surface area contributed by atoms with Crippen LogP contribution in [0.5, 0.6) is 0 Å². The van der Waals surface area contributed by atoms with Crippen LogP contribution in [-0.4, -0.2) is 81.0 Å². The van der Waals surface area contributed by atoms with Crippen LogP contribution in [0.4, 0.5) is 0 Å². The fourth-order valence-electron chi connectivity index (χ4n) is 4.16. The SMILES string of the molecule is CC1(CN2CCCN(S(=O)(=O)N3CCCCC3)CC2)CCOCC1. The molecule has 0 aromatic rings. The van der Waals surface area contributed by atoms with E-state index in [1.165, 1.54) is 0 Å². The molecule has 0 unspecified atom stereocenters. The molecule has 6 nitrogen and oxygen atoms in total. The lowest BCUT2D eigenvalue weighted by Crippen LogP contribution is -2.47. The van der Waals surface area contributed by atoms with Crippen molar-refractivity contribution in [3.8, 4) is 0 Å². The third-order valence-corrected chi connectivity index (χ3v) is 7.86. The Bertz CT molecular complexity index is 499. The number of ether oxygens (including phenoxy) is 1. The third kappa shape index (κ3) is 4.49. The van der Waals surface area contributed by atoms with E-state index in [9.17, 15) is 8.42 Å². The average Bonchev–Trinajstić information content (AvgIpc) is 2.82. The van der Waals surface area contributed by atoms with E-state index in [0.717, 1.165) is 71.4 Å². The highest BCUT2D eigenvalue weighted by molar-refractivity contribution is 7.86. The van der Waals surface area contributed by atoms with Gasteiger partial charge >= 0.3 is 0 Å². The average molecular weight is 360 g/mol. The zero-order chi connectivity index (χ0) is 17.0. The van der Waals surface area contributed by atoms with Crippen molar-refractivity contribution in [2.75, 3.05) is 59.0 Å². The third-order valence-electron chi connectivity index (χ3n) is 5.82. The van der Waals surface area contributed by atoms with Crippen molar-refractivity contribution in [3.05, 3.63) is 0 Å². The van der Waals surface area contributed by atoms with E-state index in [4.69, 9.17) is 4.74 Å². The van der Waals surface area contributed by atoms with Gasteiger partial charge in [-0.2, -0.15) is 17.0 Å². The van der Waals surface area contributed by atoms with Crippen molar-refractivity contribution in [3.63, 3.8) is 0 Å². The lowest BCUT2D eigenvalue weighted by Gasteiger charge is -2.38. The smallest absolute Gasteiger partial charge is 0.282 e. The minimum Gasteiger partial charge on any atom is -0.381 e. The highest BCUT2D eigenvalue weighted by Crippen LogP contribution is 2.31. The summed E-state index contributed by atoms with van der Waals surface area (Å²) in [6, 6.07) is 0. The lowest BCUT2D eigenvalue weighted by atomic mass is 9.82. The Morgan fingerprint density at radius 2 is 1.46 bits per heavy atom. The van der Waals surface area contributed by atoms with Crippen LogP contribution < -0.4 is 0 Å². The zero-order valence-electron chi connectivity index (χ0n) is 15.1. The normalized spacial score (nSPS) is 28.5. The van der Waals surface area contributed by atoms with E-state index in [1.54, 1.807) is 8.61 Å².